The summed E-state index contributed by atoms with van der Waals surface area (Å²) in [5, 5.41) is 9.70. The molecule has 124 valence electrons. The van der Waals surface area contributed by atoms with E-state index in [9.17, 15) is 9.90 Å². The molecular weight excluding hydrogens is 274 g/mol. The van der Waals surface area contributed by atoms with Gasteiger partial charge in [-0.15, -0.1) is 0 Å². The van der Waals surface area contributed by atoms with Crippen LogP contribution in [0.5, 0.6) is 0 Å². The number of carbonyl (C=O) groups is 1. The van der Waals surface area contributed by atoms with Gasteiger partial charge in [-0.1, -0.05) is 88.6 Å². The van der Waals surface area contributed by atoms with E-state index in [4.69, 9.17) is 5.73 Å². The molecule has 3 heteroatoms. The maximum Gasteiger partial charge on any atom is 0.315 e. The van der Waals surface area contributed by atoms with E-state index in [1.807, 2.05) is 30.3 Å². The molecule has 0 aromatic heterocycles. The molecule has 0 aliphatic carbocycles. The first kappa shape index (κ1) is 18.7. The van der Waals surface area contributed by atoms with Crippen molar-refractivity contribution < 1.29 is 9.90 Å². The Kier molecular flexibility index (Phi) is 8.83. The highest BCUT2D eigenvalue weighted by molar-refractivity contribution is 5.81. The molecule has 0 saturated carbocycles. The fraction of sp³-hybridized carbons (Fsp3) is 0.632. The highest BCUT2D eigenvalue weighted by atomic mass is 16.4. The topological polar surface area (TPSA) is 63.3 Å². The first-order chi connectivity index (χ1) is 10.7. The van der Waals surface area contributed by atoms with Crippen LogP contribution in [0.3, 0.4) is 0 Å². The molecule has 1 unspecified atom stereocenters. The third-order valence-corrected chi connectivity index (χ3v) is 4.54. The van der Waals surface area contributed by atoms with Gasteiger partial charge in [0, 0.05) is 6.54 Å². The number of benzene rings is 1. The van der Waals surface area contributed by atoms with Crippen LogP contribution in [0, 0.1) is 0 Å². The summed E-state index contributed by atoms with van der Waals surface area (Å²) < 4.78 is 0. The highest BCUT2D eigenvalue weighted by Gasteiger charge is 2.38. The average molecular weight is 305 g/mol. The van der Waals surface area contributed by atoms with Gasteiger partial charge in [-0.3, -0.25) is 4.79 Å². The molecule has 0 aliphatic heterocycles. The molecule has 3 nitrogen and oxygen atoms in total. The van der Waals surface area contributed by atoms with E-state index in [0.717, 1.165) is 18.4 Å². The Morgan fingerprint density at radius 2 is 1.55 bits per heavy atom. The van der Waals surface area contributed by atoms with Crippen LogP contribution in [0.4, 0.5) is 0 Å². The normalized spacial score (nSPS) is 13.7. The van der Waals surface area contributed by atoms with Crippen molar-refractivity contribution in [3.8, 4) is 0 Å². The first-order valence-corrected chi connectivity index (χ1v) is 8.66. The molecule has 1 atom stereocenters. The monoisotopic (exact) mass is 305 g/mol. The minimum absolute atomic E-state index is 0.156. The van der Waals surface area contributed by atoms with Gasteiger partial charge >= 0.3 is 5.97 Å². The van der Waals surface area contributed by atoms with Crippen LogP contribution >= 0.6 is 0 Å². The average Bonchev–Trinajstić information content (AvgIpc) is 2.54. The zero-order chi connectivity index (χ0) is 16.3. The van der Waals surface area contributed by atoms with E-state index in [0.29, 0.717) is 6.42 Å². The van der Waals surface area contributed by atoms with Gasteiger partial charge in [-0.25, -0.2) is 0 Å². The van der Waals surface area contributed by atoms with Crippen molar-refractivity contribution in [2.75, 3.05) is 6.54 Å². The lowest BCUT2D eigenvalue weighted by Crippen LogP contribution is -2.43. The maximum atomic E-state index is 11.8. The number of rotatable bonds is 12. The van der Waals surface area contributed by atoms with E-state index in [-0.39, 0.29) is 6.54 Å². The smallest absolute Gasteiger partial charge is 0.315 e. The number of carboxylic acids is 1. The van der Waals surface area contributed by atoms with Crippen LogP contribution in [-0.2, 0) is 10.2 Å². The molecular formula is C19H31NO2. The fourth-order valence-electron chi connectivity index (χ4n) is 3.00. The molecule has 0 saturated heterocycles. The summed E-state index contributed by atoms with van der Waals surface area (Å²) in [5.74, 6) is -0.802. The van der Waals surface area contributed by atoms with E-state index in [2.05, 4.69) is 6.92 Å². The SMILES string of the molecule is CCCCCCCCCCC(CN)(C(=O)O)c1ccccc1. The number of hydrogen-bond donors (Lipinski definition) is 2. The van der Waals surface area contributed by atoms with E-state index in [1.54, 1.807) is 0 Å². The first-order valence-electron chi connectivity index (χ1n) is 8.66. The number of nitrogens with two attached hydrogens (primary N) is 1. The van der Waals surface area contributed by atoms with E-state index >= 15 is 0 Å². The third-order valence-electron chi connectivity index (χ3n) is 4.54. The second-order valence-electron chi connectivity index (χ2n) is 6.18. The Bertz CT molecular complexity index is 419. The molecule has 0 radical (unpaired) electrons. The Morgan fingerprint density at radius 3 is 2.05 bits per heavy atom. The minimum Gasteiger partial charge on any atom is -0.481 e. The van der Waals surface area contributed by atoms with Gasteiger partial charge in [0.15, 0.2) is 0 Å². The molecule has 0 spiro atoms. The van der Waals surface area contributed by atoms with Gasteiger partial charge < -0.3 is 10.8 Å². The Morgan fingerprint density at radius 1 is 1.00 bits per heavy atom. The van der Waals surface area contributed by atoms with Crippen LogP contribution in [-0.4, -0.2) is 17.6 Å². The quantitative estimate of drug-likeness (QED) is 0.559. The summed E-state index contributed by atoms with van der Waals surface area (Å²) in [6.45, 7) is 2.38. The van der Waals surface area contributed by atoms with Crippen LogP contribution in [0.2, 0.25) is 0 Å². The van der Waals surface area contributed by atoms with Crippen molar-refractivity contribution in [2.45, 2.75) is 70.1 Å². The van der Waals surface area contributed by atoms with Crippen molar-refractivity contribution >= 4 is 5.97 Å². The molecule has 1 rings (SSSR count). The lowest BCUT2D eigenvalue weighted by molar-refractivity contribution is -0.143. The molecule has 3 N–H and O–H groups in total. The van der Waals surface area contributed by atoms with Crippen LogP contribution in [0.1, 0.15) is 70.3 Å². The molecule has 0 bridgehead atoms. The fourth-order valence-corrected chi connectivity index (χ4v) is 3.00. The minimum atomic E-state index is -0.927. The van der Waals surface area contributed by atoms with Crippen LogP contribution < -0.4 is 5.73 Å². The van der Waals surface area contributed by atoms with E-state index in [1.165, 1.54) is 38.5 Å². The van der Waals surface area contributed by atoms with Gasteiger partial charge in [-0.2, -0.15) is 0 Å². The number of carboxylic acid groups (broad SMARTS) is 1. The zero-order valence-electron chi connectivity index (χ0n) is 13.9. The summed E-state index contributed by atoms with van der Waals surface area (Å²) in [7, 11) is 0. The van der Waals surface area contributed by atoms with Crippen molar-refractivity contribution in [1.29, 1.82) is 0 Å². The molecule has 0 fully saturated rings. The number of unbranched alkanes of at least 4 members (excludes halogenated alkanes) is 7. The maximum absolute atomic E-state index is 11.8. The van der Waals surface area contributed by atoms with Crippen LogP contribution in [0.25, 0.3) is 0 Å². The van der Waals surface area contributed by atoms with Crippen molar-refractivity contribution in [3.05, 3.63) is 35.9 Å². The summed E-state index contributed by atoms with van der Waals surface area (Å²) in [6, 6.07) is 9.44. The summed E-state index contributed by atoms with van der Waals surface area (Å²) >= 11 is 0. The Balaban J connectivity index is 2.45. The largest absolute Gasteiger partial charge is 0.481 e. The number of aliphatic carboxylic acids is 1. The second-order valence-corrected chi connectivity index (χ2v) is 6.18. The summed E-state index contributed by atoms with van der Waals surface area (Å²) in [4.78, 5) is 11.8. The van der Waals surface area contributed by atoms with Gasteiger partial charge in [0.1, 0.15) is 5.41 Å². The van der Waals surface area contributed by atoms with Gasteiger partial charge in [0.05, 0.1) is 0 Å². The lowest BCUT2D eigenvalue weighted by Gasteiger charge is -2.28. The molecule has 1 aromatic rings. The second kappa shape index (κ2) is 10.4. The van der Waals surface area contributed by atoms with Gasteiger partial charge in [0.2, 0.25) is 0 Å². The highest BCUT2D eigenvalue weighted by Crippen LogP contribution is 2.30. The summed E-state index contributed by atoms with van der Waals surface area (Å²) in [5.41, 5.74) is 5.76. The standard InChI is InChI=1S/C19H31NO2/c1-2-3-4-5-6-7-8-12-15-19(16-20,18(21)22)17-13-10-9-11-14-17/h9-11,13-14H,2-8,12,15-16,20H2,1H3,(H,21,22). The summed E-state index contributed by atoms with van der Waals surface area (Å²) in [6.07, 6.45) is 10.3. The van der Waals surface area contributed by atoms with Crippen LogP contribution in [0.15, 0.2) is 30.3 Å². The molecule has 0 amide bonds. The molecule has 1 aromatic carbocycles. The lowest BCUT2D eigenvalue weighted by atomic mass is 9.76. The molecule has 0 heterocycles. The predicted molar refractivity (Wildman–Crippen MR) is 92.0 cm³/mol. The molecule has 22 heavy (non-hydrogen) atoms. The van der Waals surface area contributed by atoms with E-state index < -0.39 is 11.4 Å². The van der Waals surface area contributed by atoms with Crippen molar-refractivity contribution in [1.82, 2.24) is 0 Å². The zero-order valence-corrected chi connectivity index (χ0v) is 13.9. The van der Waals surface area contributed by atoms with Crippen molar-refractivity contribution in [2.24, 2.45) is 5.73 Å². The third kappa shape index (κ3) is 5.45. The number of hydrogen-bond acceptors (Lipinski definition) is 2. The Hall–Kier alpha value is -1.35. The van der Waals surface area contributed by atoms with Crippen molar-refractivity contribution in [3.63, 3.8) is 0 Å². The van der Waals surface area contributed by atoms with Gasteiger partial charge in [0.25, 0.3) is 0 Å². The molecule has 0 aliphatic rings. The predicted octanol–water partition coefficient (Wildman–Crippen LogP) is 4.50. The van der Waals surface area contributed by atoms with Gasteiger partial charge in [-0.05, 0) is 12.0 Å². The Labute approximate surface area is 134 Å².